The molecule has 4 aromatic carbocycles. The highest BCUT2D eigenvalue weighted by atomic mass is 28.5. The Morgan fingerprint density at radius 3 is 1.17 bits per heavy atom. The van der Waals surface area contributed by atoms with Gasteiger partial charge in [-0.25, -0.2) is 0 Å². The molecule has 0 aliphatic carbocycles. The van der Waals surface area contributed by atoms with Crippen LogP contribution in [-0.2, 0) is 21.8 Å². The van der Waals surface area contributed by atoms with Crippen LogP contribution in [0.1, 0.15) is 0 Å². The van der Waals surface area contributed by atoms with Gasteiger partial charge in [0, 0.05) is 33.6 Å². The second kappa shape index (κ2) is 13.7. The summed E-state index contributed by atoms with van der Waals surface area (Å²) in [7, 11) is -4.14. The first kappa shape index (κ1) is 31.5. The smallest absolute Gasteiger partial charge is 0.404 e. The van der Waals surface area contributed by atoms with Crippen molar-refractivity contribution in [2.24, 2.45) is 0 Å². The van der Waals surface area contributed by atoms with Gasteiger partial charge in [0.05, 0.1) is 8.07 Å². The normalized spacial score (nSPS) is 12.8. The lowest BCUT2D eigenvalue weighted by Gasteiger charge is -2.44. The molecule has 216 valence electrons. The Hall–Kier alpha value is -2.45. The zero-order chi connectivity index (χ0) is 29.4. The highest BCUT2D eigenvalue weighted by Crippen LogP contribution is 2.31. The van der Waals surface area contributed by atoms with Crippen molar-refractivity contribution < 1.29 is 21.8 Å². The number of hydrogen-bond donors (Lipinski definition) is 0. The molecule has 0 fully saturated rings. The largest absolute Gasteiger partial charge is 0.526 e. The molecule has 0 spiro atoms. The van der Waals surface area contributed by atoms with Crippen molar-refractivity contribution in [3.63, 3.8) is 0 Å². The van der Waals surface area contributed by atoms with E-state index in [0.29, 0.717) is 0 Å². The molecule has 0 heterocycles. The maximum absolute atomic E-state index is 7.61. The van der Waals surface area contributed by atoms with Crippen LogP contribution in [0.3, 0.4) is 0 Å². The Balaban J connectivity index is 1.91. The van der Waals surface area contributed by atoms with E-state index < -0.39 is 33.8 Å². The minimum Gasteiger partial charge on any atom is -0.404 e. The van der Waals surface area contributed by atoms with E-state index in [-0.39, 0.29) is 0 Å². The molecule has 0 amide bonds. The molecule has 41 heavy (non-hydrogen) atoms. The second-order valence-electron chi connectivity index (χ2n) is 11.0. The Kier molecular flexibility index (Phi) is 10.5. The maximum Gasteiger partial charge on any atom is 0.526 e. The van der Waals surface area contributed by atoms with Gasteiger partial charge in [-0.3, -0.25) is 0 Å². The third kappa shape index (κ3) is 6.80. The fourth-order valence-corrected chi connectivity index (χ4v) is 30.8. The SMILES string of the molecule is CO[Si](C[Si](C)(C)C[Si](O[Si](OC)(OC)c1ccccc1)(c1ccccc1)c1ccccc1)(OC)c1ccccc1. The molecular formula is C32H42O5Si4. The van der Waals surface area contributed by atoms with Crippen LogP contribution in [0.5, 0.6) is 0 Å². The van der Waals surface area contributed by atoms with Crippen LogP contribution < -0.4 is 20.7 Å². The summed E-state index contributed by atoms with van der Waals surface area (Å²) in [6.07, 6.45) is 0. The summed E-state index contributed by atoms with van der Waals surface area (Å²) in [6, 6.07) is 42.0. The second-order valence-corrected chi connectivity index (χ2v) is 27.2. The third-order valence-electron chi connectivity index (χ3n) is 7.77. The minimum absolute atomic E-state index is 0.884. The molecule has 0 aromatic heterocycles. The van der Waals surface area contributed by atoms with E-state index >= 15 is 0 Å². The zero-order valence-corrected chi connectivity index (χ0v) is 29.0. The molecule has 0 radical (unpaired) electrons. The van der Waals surface area contributed by atoms with Crippen molar-refractivity contribution in [2.75, 3.05) is 28.4 Å². The predicted molar refractivity (Wildman–Crippen MR) is 178 cm³/mol. The van der Waals surface area contributed by atoms with Crippen LogP contribution in [-0.4, -0.2) is 62.2 Å². The lowest BCUT2D eigenvalue weighted by atomic mass is 10.4. The summed E-state index contributed by atoms with van der Waals surface area (Å²) < 4.78 is 32.9. The topological polar surface area (TPSA) is 46.2 Å². The highest BCUT2D eigenvalue weighted by molar-refractivity contribution is 7.12. The van der Waals surface area contributed by atoms with Gasteiger partial charge in [0.1, 0.15) is 0 Å². The van der Waals surface area contributed by atoms with Crippen LogP contribution >= 0.6 is 0 Å². The van der Waals surface area contributed by atoms with Crippen molar-refractivity contribution in [3.8, 4) is 0 Å². The standard InChI is InChI=1S/C32H42O5Si4/c1-33-40(34-2,31-23-15-9-16-24-31)28-38(5,6)27-39(29-19-11-7-12-20-29,30-21-13-8-14-22-30)37-41(35-3,36-4)32-25-17-10-18-26-32/h7-26H,27-28H2,1-6H3. The molecular weight excluding hydrogens is 577 g/mol. The molecule has 0 saturated carbocycles. The monoisotopic (exact) mass is 618 g/mol. The van der Waals surface area contributed by atoms with Crippen molar-refractivity contribution in [1.82, 2.24) is 0 Å². The van der Waals surface area contributed by atoms with E-state index in [9.17, 15) is 0 Å². The van der Waals surface area contributed by atoms with Gasteiger partial charge in [-0.2, -0.15) is 0 Å². The van der Waals surface area contributed by atoms with E-state index in [1.807, 2.05) is 24.3 Å². The van der Waals surface area contributed by atoms with E-state index in [1.54, 1.807) is 28.4 Å². The van der Waals surface area contributed by atoms with Crippen molar-refractivity contribution in [2.45, 2.75) is 24.4 Å². The van der Waals surface area contributed by atoms with E-state index in [0.717, 1.165) is 21.7 Å². The van der Waals surface area contributed by atoms with Gasteiger partial charge in [-0.05, 0) is 26.9 Å². The molecule has 0 unspecified atom stereocenters. The summed E-state index contributed by atoms with van der Waals surface area (Å²) in [5.41, 5.74) is 1.78. The van der Waals surface area contributed by atoms with Crippen LogP contribution in [0.15, 0.2) is 121 Å². The van der Waals surface area contributed by atoms with E-state index in [2.05, 4.69) is 110 Å². The maximum atomic E-state index is 7.61. The molecule has 0 N–H and O–H groups in total. The molecule has 9 heteroatoms. The van der Waals surface area contributed by atoms with Crippen molar-refractivity contribution in [3.05, 3.63) is 121 Å². The van der Waals surface area contributed by atoms with Gasteiger partial charge in [0.2, 0.25) is 8.32 Å². The molecule has 5 nitrogen and oxygen atoms in total. The molecule has 0 atom stereocenters. The van der Waals surface area contributed by atoms with E-state index in [4.69, 9.17) is 21.8 Å². The zero-order valence-electron chi connectivity index (χ0n) is 25.0. The summed E-state index contributed by atoms with van der Waals surface area (Å²) >= 11 is 0. The van der Waals surface area contributed by atoms with Crippen molar-refractivity contribution >= 4 is 54.5 Å². The van der Waals surface area contributed by atoms with Gasteiger partial charge in [0.15, 0.2) is 0 Å². The first-order chi connectivity index (χ1) is 19.8. The average molecular weight is 619 g/mol. The Morgan fingerprint density at radius 2 is 0.805 bits per heavy atom. The molecule has 0 aliphatic heterocycles. The third-order valence-corrected chi connectivity index (χ3v) is 28.9. The molecule has 0 saturated heterocycles. The summed E-state index contributed by atoms with van der Waals surface area (Å²) in [6.45, 7) is 4.89. The van der Waals surface area contributed by atoms with Crippen LogP contribution in [0.25, 0.3) is 0 Å². The fourth-order valence-electron chi connectivity index (χ4n) is 5.90. The quantitative estimate of drug-likeness (QED) is 0.197. The summed E-state index contributed by atoms with van der Waals surface area (Å²) in [4.78, 5) is 0. The Bertz CT molecular complexity index is 1290. The van der Waals surface area contributed by atoms with Crippen LogP contribution in [0.4, 0.5) is 0 Å². The molecule has 4 aromatic rings. The van der Waals surface area contributed by atoms with Gasteiger partial charge in [-0.15, -0.1) is 0 Å². The fraction of sp³-hybridized carbons (Fsp3) is 0.250. The number of benzene rings is 4. The first-order valence-electron chi connectivity index (χ1n) is 13.9. The lowest BCUT2D eigenvalue weighted by molar-refractivity contribution is 0.177. The number of hydrogen-bond acceptors (Lipinski definition) is 5. The van der Waals surface area contributed by atoms with Crippen LogP contribution in [0.2, 0.25) is 24.4 Å². The number of rotatable bonds is 14. The Morgan fingerprint density at radius 1 is 0.439 bits per heavy atom. The molecule has 0 aliphatic rings. The molecule has 0 bridgehead atoms. The van der Waals surface area contributed by atoms with Gasteiger partial charge >= 0.3 is 17.4 Å². The summed E-state index contributed by atoms with van der Waals surface area (Å²) in [5, 5.41) is 4.51. The molecule has 4 rings (SSSR count). The lowest BCUT2D eigenvalue weighted by Crippen LogP contribution is -2.73. The van der Waals surface area contributed by atoms with Crippen molar-refractivity contribution in [1.29, 1.82) is 0 Å². The van der Waals surface area contributed by atoms with Crippen LogP contribution in [0, 0.1) is 0 Å². The first-order valence-corrected chi connectivity index (χ1v) is 23.2. The van der Waals surface area contributed by atoms with Gasteiger partial charge in [0.25, 0.3) is 0 Å². The summed E-state index contributed by atoms with van der Waals surface area (Å²) in [5.74, 6) is 0. The van der Waals surface area contributed by atoms with Gasteiger partial charge < -0.3 is 21.8 Å². The predicted octanol–water partition coefficient (Wildman–Crippen LogP) is 4.33. The minimum atomic E-state index is -3.33. The van der Waals surface area contributed by atoms with Gasteiger partial charge in [-0.1, -0.05) is 134 Å². The average Bonchev–Trinajstić information content (AvgIpc) is 3.03. The Labute approximate surface area is 249 Å². The highest BCUT2D eigenvalue weighted by Gasteiger charge is 2.56. The van der Waals surface area contributed by atoms with E-state index in [1.165, 1.54) is 10.4 Å².